The van der Waals surface area contributed by atoms with Crippen molar-refractivity contribution in [3.63, 3.8) is 0 Å². The van der Waals surface area contributed by atoms with Crippen LogP contribution in [0.2, 0.25) is 0 Å². The molecule has 5 heteroatoms. The molecule has 3 aliphatic heterocycles. The molecule has 5 nitrogen and oxygen atoms in total. The number of hydrogen-bond donors (Lipinski definition) is 1. The molecule has 2 fully saturated rings. The van der Waals surface area contributed by atoms with E-state index < -0.39 is 0 Å². The first kappa shape index (κ1) is 15.3. The van der Waals surface area contributed by atoms with Crippen molar-refractivity contribution >= 4 is 5.82 Å². The van der Waals surface area contributed by atoms with Gasteiger partial charge in [0.2, 0.25) is 0 Å². The molecule has 4 heterocycles. The van der Waals surface area contributed by atoms with Crippen molar-refractivity contribution in [3.8, 4) is 11.4 Å². The van der Waals surface area contributed by atoms with E-state index in [0.29, 0.717) is 6.04 Å². The molecule has 2 aromatic rings. The number of benzene rings is 1. The molecular weight excluding hydrogens is 310 g/mol. The van der Waals surface area contributed by atoms with E-state index in [1.54, 1.807) is 0 Å². The van der Waals surface area contributed by atoms with Crippen molar-refractivity contribution in [2.45, 2.75) is 31.8 Å². The summed E-state index contributed by atoms with van der Waals surface area (Å²) >= 11 is 0. The highest BCUT2D eigenvalue weighted by atomic mass is 15.3. The zero-order valence-electron chi connectivity index (χ0n) is 14.6. The second kappa shape index (κ2) is 6.39. The molecule has 1 aromatic carbocycles. The summed E-state index contributed by atoms with van der Waals surface area (Å²) in [5.74, 6) is 2.06. The summed E-state index contributed by atoms with van der Waals surface area (Å²) in [5, 5.41) is 3.47. The molecule has 0 amide bonds. The van der Waals surface area contributed by atoms with Gasteiger partial charge in [-0.1, -0.05) is 30.3 Å². The van der Waals surface area contributed by atoms with E-state index in [4.69, 9.17) is 9.97 Å². The van der Waals surface area contributed by atoms with Crippen LogP contribution in [0.4, 0.5) is 5.82 Å². The molecule has 3 aliphatic rings. The number of piperazine rings is 1. The lowest BCUT2D eigenvalue weighted by atomic mass is 10.0. The number of hydrogen-bond acceptors (Lipinski definition) is 5. The van der Waals surface area contributed by atoms with Crippen LogP contribution in [0, 0.1) is 0 Å². The van der Waals surface area contributed by atoms with Crippen LogP contribution < -0.4 is 10.2 Å². The Morgan fingerprint density at radius 2 is 1.96 bits per heavy atom. The van der Waals surface area contributed by atoms with E-state index in [0.717, 1.165) is 44.0 Å². The average molecular weight is 335 g/mol. The highest BCUT2D eigenvalue weighted by Crippen LogP contribution is 2.31. The number of anilines is 1. The van der Waals surface area contributed by atoms with Gasteiger partial charge in [0.25, 0.3) is 0 Å². The van der Waals surface area contributed by atoms with Crippen LogP contribution in [-0.2, 0) is 13.0 Å². The molecule has 2 saturated heterocycles. The van der Waals surface area contributed by atoms with Gasteiger partial charge in [-0.15, -0.1) is 0 Å². The predicted octanol–water partition coefficient (Wildman–Crippen LogP) is 2.07. The molecule has 5 rings (SSSR count). The van der Waals surface area contributed by atoms with Crippen LogP contribution in [0.25, 0.3) is 11.4 Å². The van der Waals surface area contributed by atoms with Crippen molar-refractivity contribution < 1.29 is 0 Å². The Labute approximate surface area is 149 Å². The standard InChI is InChI=1S/C20H25N5/c1-2-5-15(6-3-1)19-22-18-13-21-9-8-17(18)20(23-19)25-12-11-24-10-4-7-16(24)14-25/h1-3,5-6,16,21H,4,7-14H2/t16-/m0/s1. The molecule has 1 N–H and O–H groups in total. The lowest BCUT2D eigenvalue weighted by Gasteiger charge is -2.39. The predicted molar refractivity (Wildman–Crippen MR) is 99.7 cm³/mol. The summed E-state index contributed by atoms with van der Waals surface area (Å²) in [5.41, 5.74) is 3.66. The van der Waals surface area contributed by atoms with Crippen molar-refractivity contribution in [2.75, 3.05) is 37.6 Å². The SMILES string of the molecule is c1ccc(-c2nc3c(c(N4CCN5CCC[C@H]5C4)n2)CCNC3)cc1. The summed E-state index contributed by atoms with van der Waals surface area (Å²) in [6.07, 6.45) is 3.71. The average Bonchev–Trinajstić information content (AvgIpc) is 3.15. The van der Waals surface area contributed by atoms with Gasteiger partial charge < -0.3 is 10.2 Å². The van der Waals surface area contributed by atoms with Crippen LogP contribution in [0.3, 0.4) is 0 Å². The Kier molecular flexibility index (Phi) is 3.91. The minimum absolute atomic E-state index is 0.709. The molecule has 1 aromatic heterocycles. The Bertz CT molecular complexity index is 760. The fourth-order valence-corrected chi connectivity index (χ4v) is 4.50. The zero-order valence-corrected chi connectivity index (χ0v) is 14.6. The van der Waals surface area contributed by atoms with Gasteiger partial charge in [0.1, 0.15) is 5.82 Å². The van der Waals surface area contributed by atoms with E-state index in [1.807, 2.05) is 6.07 Å². The molecule has 1 atom stereocenters. The summed E-state index contributed by atoms with van der Waals surface area (Å²) < 4.78 is 0. The Balaban J connectivity index is 1.55. The monoisotopic (exact) mass is 335 g/mol. The second-order valence-corrected chi connectivity index (χ2v) is 7.37. The second-order valence-electron chi connectivity index (χ2n) is 7.37. The van der Waals surface area contributed by atoms with Crippen molar-refractivity contribution in [1.82, 2.24) is 20.2 Å². The first-order valence-corrected chi connectivity index (χ1v) is 9.53. The maximum Gasteiger partial charge on any atom is 0.161 e. The molecule has 0 unspecified atom stereocenters. The van der Waals surface area contributed by atoms with Crippen LogP contribution >= 0.6 is 0 Å². The number of nitrogens with zero attached hydrogens (tertiary/aromatic N) is 4. The fraction of sp³-hybridized carbons (Fsp3) is 0.500. The lowest BCUT2D eigenvalue weighted by Crippen LogP contribution is -2.51. The third-order valence-electron chi connectivity index (χ3n) is 5.83. The fourth-order valence-electron chi connectivity index (χ4n) is 4.50. The smallest absolute Gasteiger partial charge is 0.161 e. The van der Waals surface area contributed by atoms with Gasteiger partial charge in [0, 0.05) is 43.3 Å². The van der Waals surface area contributed by atoms with Gasteiger partial charge in [-0.05, 0) is 32.4 Å². The molecular formula is C20H25N5. The Morgan fingerprint density at radius 1 is 1.04 bits per heavy atom. The highest BCUT2D eigenvalue weighted by Gasteiger charge is 2.33. The van der Waals surface area contributed by atoms with Crippen LogP contribution in [0.1, 0.15) is 24.1 Å². The third-order valence-corrected chi connectivity index (χ3v) is 5.83. The molecule has 0 bridgehead atoms. The summed E-state index contributed by atoms with van der Waals surface area (Å²) in [6, 6.07) is 11.1. The van der Waals surface area contributed by atoms with Crippen molar-refractivity contribution in [3.05, 3.63) is 41.6 Å². The quantitative estimate of drug-likeness (QED) is 0.910. The molecule has 0 aliphatic carbocycles. The topological polar surface area (TPSA) is 44.3 Å². The van der Waals surface area contributed by atoms with Gasteiger partial charge in [-0.25, -0.2) is 9.97 Å². The third kappa shape index (κ3) is 2.81. The maximum absolute atomic E-state index is 5.06. The molecule has 0 radical (unpaired) electrons. The zero-order chi connectivity index (χ0) is 16.6. The normalized spacial score (nSPS) is 23.4. The van der Waals surface area contributed by atoms with E-state index >= 15 is 0 Å². The molecule has 25 heavy (non-hydrogen) atoms. The first-order valence-electron chi connectivity index (χ1n) is 9.53. The molecule has 0 saturated carbocycles. The van der Waals surface area contributed by atoms with Crippen molar-refractivity contribution in [1.29, 1.82) is 0 Å². The lowest BCUT2D eigenvalue weighted by molar-refractivity contribution is 0.230. The van der Waals surface area contributed by atoms with E-state index in [2.05, 4.69) is 39.4 Å². The van der Waals surface area contributed by atoms with E-state index in [1.165, 1.54) is 43.0 Å². The Morgan fingerprint density at radius 3 is 2.88 bits per heavy atom. The number of aromatic nitrogens is 2. The van der Waals surface area contributed by atoms with Crippen LogP contribution in [0.5, 0.6) is 0 Å². The first-order chi connectivity index (χ1) is 12.4. The molecule has 130 valence electrons. The van der Waals surface area contributed by atoms with Crippen LogP contribution in [-0.4, -0.2) is 53.6 Å². The van der Waals surface area contributed by atoms with Gasteiger partial charge >= 0.3 is 0 Å². The van der Waals surface area contributed by atoms with E-state index in [9.17, 15) is 0 Å². The maximum atomic E-state index is 5.06. The largest absolute Gasteiger partial charge is 0.353 e. The van der Waals surface area contributed by atoms with Crippen molar-refractivity contribution in [2.24, 2.45) is 0 Å². The van der Waals surface area contributed by atoms with E-state index in [-0.39, 0.29) is 0 Å². The molecule has 0 spiro atoms. The number of rotatable bonds is 2. The number of nitrogens with one attached hydrogen (secondary N) is 1. The minimum Gasteiger partial charge on any atom is -0.353 e. The minimum atomic E-state index is 0.709. The highest BCUT2D eigenvalue weighted by molar-refractivity contribution is 5.61. The van der Waals surface area contributed by atoms with Gasteiger partial charge in [-0.3, -0.25) is 4.90 Å². The van der Waals surface area contributed by atoms with Gasteiger partial charge in [0.05, 0.1) is 5.69 Å². The summed E-state index contributed by atoms with van der Waals surface area (Å²) in [6.45, 7) is 6.53. The van der Waals surface area contributed by atoms with Crippen LogP contribution in [0.15, 0.2) is 30.3 Å². The van der Waals surface area contributed by atoms with Gasteiger partial charge in [-0.2, -0.15) is 0 Å². The summed E-state index contributed by atoms with van der Waals surface area (Å²) in [4.78, 5) is 15.1. The van der Waals surface area contributed by atoms with Gasteiger partial charge in [0.15, 0.2) is 5.82 Å². The Hall–Kier alpha value is -1.98. The summed E-state index contributed by atoms with van der Waals surface area (Å²) in [7, 11) is 0. The number of fused-ring (bicyclic) bond motifs is 2.